The van der Waals surface area contributed by atoms with Gasteiger partial charge in [0, 0.05) is 30.5 Å². The summed E-state index contributed by atoms with van der Waals surface area (Å²) in [6.07, 6.45) is 2.50. The molecule has 1 aromatic carbocycles. The fourth-order valence-electron chi connectivity index (χ4n) is 2.61. The molecule has 1 aliphatic rings. The molecule has 0 aliphatic carbocycles. The van der Waals surface area contributed by atoms with Crippen LogP contribution in [0.4, 0.5) is 11.4 Å². The molecule has 1 aliphatic heterocycles. The van der Waals surface area contributed by atoms with Crippen molar-refractivity contribution in [1.82, 2.24) is 5.16 Å². The summed E-state index contributed by atoms with van der Waals surface area (Å²) in [5, 5.41) is 6.59. The smallest absolute Gasteiger partial charge is 0.294 e. The van der Waals surface area contributed by atoms with Gasteiger partial charge in [-0.3, -0.25) is 4.79 Å². The fourth-order valence-corrected chi connectivity index (χ4v) is 2.61. The first-order valence-corrected chi connectivity index (χ1v) is 7.24. The summed E-state index contributed by atoms with van der Waals surface area (Å²) in [6, 6.07) is 7.75. The predicted octanol–water partition coefficient (Wildman–Crippen LogP) is 3.14. The van der Waals surface area contributed by atoms with E-state index in [4.69, 9.17) is 4.52 Å². The molecule has 2 heterocycles. The lowest BCUT2D eigenvalue weighted by Crippen LogP contribution is -2.18. The van der Waals surface area contributed by atoms with Crippen molar-refractivity contribution in [2.45, 2.75) is 26.7 Å². The second-order valence-electron chi connectivity index (χ2n) is 5.48. The van der Waals surface area contributed by atoms with Gasteiger partial charge in [0.25, 0.3) is 5.91 Å². The third-order valence-electron chi connectivity index (χ3n) is 3.78. The number of carbonyl (C=O) groups is 1. The molecule has 1 N–H and O–H groups in total. The molecule has 0 unspecified atom stereocenters. The molecule has 1 fully saturated rings. The van der Waals surface area contributed by atoms with E-state index in [0.717, 1.165) is 24.3 Å². The molecule has 0 bridgehead atoms. The summed E-state index contributed by atoms with van der Waals surface area (Å²) in [6.45, 7) is 6.02. The number of hydrogen-bond acceptors (Lipinski definition) is 4. The maximum absolute atomic E-state index is 12.1. The third-order valence-corrected chi connectivity index (χ3v) is 3.78. The normalized spacial score (nSPS) is 14.5. The molecule has 3 rings (SSSR count). The van der Waals surface area contributed by atoms with Gasteiger partial charge in [0.15, 0.2) is 0 Å². The van der Waals surface area contributed by atoms with Crippen LogP contribution in [0.25, 0.3) is 0 Å². The molecule has 1 saturated heterocycles. The molecule has 0 radical (unpaired) electrons. The number of amides is 1. The summed E-state index contributed by atoms with van der Waals surface area (Å²) < 4.78 is 4.97. The lowest BCUT2D eigenvalue weighted by molar-refractivity contribution is 0.0988. The molecule has 110 valence electrons. The van der Waals surface area contributed by atoms with Crippen LogP contribution in [0.3, 0.4) is 0 Å². The predicted molar refractivity (Wildman–Crippen MR) is 81.8 cm³/mol. The highest BCUT2D eigenvalue weighted by molar-refractivity contribution is 6.02. The zero-order chi connectivity index (χ0) is 14.8. The minimum atomic E-state index is -0.271. The number of aryl methyl sites for hydroxylation is 2. The number of anilines is 2. The maximum atomic E-state index is 12.1. The van der Waals surface area contributed by atoms with Gasteiger partial charge in [-0.1, -0.05) is 5.16 Å². The Bertz CT molecular complexity index is 657. The Kier molecular flexibility index (Phi) is 3.64. The van der Waals surface area contributed by atoms with Crippen molar-refractivity contribution in [3.63, 3.8) is 0 Å². The molecule has 5 heteroatoms. The lowest BCUT2D eigenvalue weighted by Gasteiger charge is -2.19. The van der Waals surface area contributed by atoms with Gasteiger partial charge in [-0.2, -0.15) is 0 Å². The van der Waals surface area contributed by atoms with E-state index >= 15 is 0 Å². The summed E-state index contributed by atoms with van der Waals surface area (Å²) in [5.41, 5.74) is 3.76. The Morgan fingerprint density at radius 1 is 1.24 bits per heavy atom. The summed E-state index contributed by atoms with van der Waals surface area (Å²) in [5.74, 6) is -0.0388. The SMILES string of the molecule is Cc1cc(C(=O)Nc2ccc(N3CCCC3)cc2C)on1. The van der Waals surface area contributed by atoms with Crippen molar-refractivity contribution >= 4 is 17.3 Å². The Morgan fingerprint density at radius 3 is 2.62 bits per heavy atom. The van der Waals surface area contributed by atoms with E-state index in [9.17, 15) is 4.79 Å². The standard InChI is InChI=1S/C16H19N3O2/c1-11-9-13(19-7-3-4-8-19)5-6-14(11)17-16(20)15-10-12(2)18-21-15/h5-6,9-10H,3-4,7-8H2,1-2H3,(H,17,20). The van der Waals surface area contributed by atoms with E-state index in [1.54, 1.807) is 13.0 Å². The Balaban J connectivity index is 1.75. The Labute approximate surface area is 123 Å². The molecule has 0 atom stereocenters. The van der Waals surface area contributed by atoms with E-state index in [-0.39, 0.29) is 11.7 Å². The highest BCUT2D eigenvalue weighted by Crippen LogP contribution is 2.25. The number of carbonyl (C=O) groups excluding carboxylic acids is 1. The number of hydrogen-bond donors (Lipinski definition) is 1. The van der Waals surface area contributed by atoms with Gasteiger partial charge in [0.05, 0.1) is 5.69 Å². The van der Waals surface area contributed by atoms with Crippen molar-refractivity contribution in [3.05, 3.63) is 41.3 Å². The number of aromatic nitrogens is 1. The highest BCUT2D eigenvalue weighted by Gasteiger charge is 2.15. The van der Waals surface area contributed by atoms with E-state index in [2.05, 4.69) is 27.5 Å². The first-order valence-electron chi connectivity index (χ1n) is 7.24. The van der Waals surface area contributed by atoms with Gasteiger partial charge in [0.1, 0.15) is 0 Å². The maximum Gasteiger partial charge on any atom is 0.294 e. The summed E-state index contributed by atoms with van der Waals surface area (Å²) in [7, 11) is 0. The number of rotatable bonds is 3. The second kappa shape index (κ2) is 5.60. The monoisotopic (exact) mass is 285 g/mol. The zero-order valence-corrected chi connectivity index (χ0v) is 12.3. The van der Waals surface area contributed by atoms with Crippen LogP contribution in [0, 0.1) is 13.8 Å². The third kappa shape index (κ3) is 2.91. The number of nitrogens with zero attached hydrogens (tertiary/aromatic N) is 2. The van der Waals surface area contributed by atoms with Crippen molar-refractivity contribution < 1.29 is 9.32 Å². The minimum Gasteiger partial charge on any atom is -0.372 e. The molecule has 21 heavy (non-hydrogen) atoms. The van der Waals surface area contributed by atoms with Crippen molar-refractivity contribution in [1.29, 1.82) is 0 Å². The quantitative estimate of drug-likeness (QED) is 0.941. The molecular weight excluding hydrogens is 266 g/mol. The number of nitrogens with one attached hydrogen (secondary N) is 1. The van der Waals surface area contributed by atoms with Crippen molar-refractivity contribution in [2.24, 2.45) is 0 Å². The highest BCUT2D eigenvalue weighted by atomic mass is 16.5. The van der Waals surface area contributed by atoms with Gasteiger partial charge in [-0.15, -0.1) is 0 Å². The molecular formula is C16H19N3O2. The zero-order valence-electron chi connectivity index (χ0n) is 12.3. The largest absolute Gasteiger partial charge is 0.372 e. The van der Waals surface area contributed by atoms with Gasteiger partial charge >= 0.3 is 0 Å². The Hall–Kier alpha value is -2.30. The van der Waals surface area contributed by atoms with Gasteiger partial charge in [-0.25, -0.2) is 0 Å². The van der Waals surface area contributed by atoms with E-state index < -0.39 is 0 Å². The minimum absolute atomic E-state index is 0.232. The summed E-state index contributed by atoms with van der Waals surface area (Å²) in [4.78, 5) is 14.4. The van der Waals surface area contributed by atoms with Crippen LogP contribution in [0.5, 0.6) is 0 Å². The molecule has 0 spiro atoms. The molecule has 0 saturated carbocycles. The average Bonchev–Trinajstić information content (AvgIpc) is 3.12. The van der Waals surface area contributed by atoms with Gasteiger partial charge in [-0.05, 0) is 50.5 Å². The van der Waals surface area contributed by atoms with Crippen molar-refractivity contribution in [2.75, 3.05) is 23.3 Å². The topological polar surface area (TPSA) is 58.4 Å². The number of benzene rings is 1. The van der Waals surface area contributed by atoms with E-state index in [1.807, 2.05) is 13.0 Å². The van der Waals surface area contributed by atoms with Crippen LogP contribution >= 0.6 is 0 Å². The van der Waals surface area contributed by atoms with E-state index in [1.165, 1.54) is 18.5 Å². The van der Waals surface area contributed by atoms with Gasteiger partial charge < -0.3 is 14.7 Å². The fraction of sp³-hybridized carbons (Fsp3) is 0.375. The van der Waals surface area contributed by atoms with Crippen LogP contribution in [-0.4, -0.2) is 24.2 Å². The summed E-state index contributed by atoms with van der Waals surface area (Å²) >= 11 is 0. The first-order chi connectivity index (χ1) is 10.1. The molecule has 5 nitrogen and oxygen atoms in total. The van der Waals surface area contributed by atoms with E-state index in [0.29, 0.717) is 5.69 Å². The van der Waals surface area contributed by atoms with Gasteiger partial charge in [0.2, 0.25) is 5.76 Å². The Morgan fingerprint density at radius 2 is 2.00 bits per heavy atom. The lowest BCUT2D eigenvalue weighted by atomic mass is 10.1. The average molecular weight is 285 g/mol. The molecule has 1 amide bonds. The van der Waals surface area contributed by atoms with Crippen molar-refractivity contribution in [3.8, 4) is 0 Å². The van der Waals surface area contributed by atoms with Crippen LogP contribution in [0.2, 0.25) is 0 Å². The second-order valence-corrected chi connectivity index (χ2v) is 5.48. The van der Waals surface area contributed by atoms with Crippen LogP contribution < -0.4 is 10.2 Å². The molecule has 1 aromatic heterocycles. The van der Waals surface area contributed by atoms with Crippen LogP contribution in [-0.2, 0) is 0 Å². The first kappa shape index (κ1) is 13.7. The molecule has 2 aromatic rings. The van der Waals surface area contributed by atoms with Crippen LogP contribution in [0.15, 0.2) is 28.8 Å². The van der Waals surface area contributed by atoms with Crippen LogP contribution in [0.1, 0.15) is 34.7 Å².